The molecule has 0 aliphatic carbocycles. The highest BCUT2D eigenvalue weighted by Gasteiger charge is 2.37. The van der Waals surface area contributed by atoms with Gasteiger partial charge < -0.3 is 31.1 Å². The largest absolute Gasteiger partial charge is 0.491 e. The van der Waals surface area contributed by atoms with Gasteiger partial charge in [-0.15, -0.1) is 0 Å². The van der Waals surface area contributed by atoms with Gasteiger partial charge >= 0.3 is 0 Å². The van der Waals surface area contributed by atoms with Gasteiger partial charge in [0.05, 0.1) is 12.1 Å². The predicted octanol–water partition coefficient (Wildman–Crippen LogP) is 2.33. The fourth-order valence-corrected chi connectivity index (χ4v) is 4.65. The lowest BCUT2D eigenvalue weighted by atomic mass is 9.85. The molecule has 4 amide bonds. The third-order valence-electron chi connectivity index (χ3n) is 6.75. The maximum atomic E-state index is 13.0. The lowest BCUT2D eigenvalue weighted by molar-refractivity contribution is -0.138. The topological polar surface area (TPSA) is 151 Å². The number of nitrogens with one attached hydrogen (secondary N) is 2. The van der Waals surface area contributed by atoms with Crippen molar-refractivity contribution >= 4 is 35.7 Å². The number of likely N-dealkylation sites (tertiary alicyclic amines) is 1. The minimum Gasteiger partial charge on any atom is -0.491 e. The van der Waals surface area contributed by atoms with Crippen LogP contribution in [-0.2, 0) is 25.6 Å². The van der Waals surface area contributed by atoms with E-state index in [1.165, 1.54) is 0 Å². The molecule has 0 spiro atoms. The van der Waals surface area contributed by atoms with Gasteiger partial charge in [-0.05, 0) is 61.3 Å². The van der Waals surface area contributed by atoms with Crippen molar-refractivity contribution in [1.82, 2.24) is 15.5 Å². The Bertz CT molecular complexity index is 983. The smallest absolute Gasteiger partial charge is 0.245 e. The van der Waals surface area contributed by atoms with Crippen molar-refractivity contribution in [3.63, 3.8) is 0 Å². The Labute approximate surface area is 236 Å². The van der Waals surface area contributed by atoms with Gasteiger partial charge in [-0.3, -0.25) is 19.2 Å². The van der Waals surface area contributed by atoms with Crippen molar-refractivity contribution in [2.75, 3.05) is 19.7 Å². The number of aliphatic hydroxyl groups excluding tert-OH is 1. The minimum absolute atomic E-state index is 0.147. The van der Waals surface area contributed by atoms with Crippen molar-refractivity contribution in [2.45, 2.75) is 90.3 Å². The molecule has 218 valence electrons. The molecule has 11 heteroatoms. The molecule has 39 heavy (non-hydrogen) atoms. The molecule has 0 saturated carbocycles. The summed E-state index contributed by atoms with van der Waals surface area (Å²) in [5.74, 6) is -0.144. The molecule has 10 nitrogen and oxygen atoms in total. The highest BCUT2D eigenvalue weighted by molar-refractivity contribution is 6.31. The molecule has 1 saturated heterocycles. The van der Waals surface area contributed by atoms with Gasteiger partial charge in [0.25, 0.3) is 0 Å². The molecule has 1 aliphatic rings. The first-order valence-electron chi connectivity index (χ1n) is 13.6. The summed E-state index contributed by atoms with van der Waals surface area (Å²) in [6, 6.07) is 4.38. The monoisotopic (exact) mass is 566 g/mol. The molecule has 5 N–H and O–H groups in total. The Hall–Kier alpha value is -2.85. The minimum atomic E-state index is -0.644. The second-order valence-electron chi connectivity index (χ2n) is 11.2. The average Bonchev–Trinajstić information content (AvgIpc) is 3.30. The van der Waals surface area contributed by atoms with Crippen molar-refractivity contribution in [1.29, 1.82) is 0 Å². The Morgan fingerprint density at radius 1 is 1.23 bits per heavy atom. The fourth-order valence-electron chi connectivity index (χ4n) is 4.44. The van der Waals surface area contributed by atoms with E-state index >= 15 is 0 Å². The molecule has 1 aromatic carbocycles. The molecule has 0 unspecified atom stereocenters. The molecular formula is C28H43ClN4O6. The molecular weight excluding hydrogens is 524 g/mol. The summed E-state index contributed by atoms with van der Waals surface area (Å²) in [7, 11) is 0. The van der Waals surface area contributed by atoms with E-state index < -0.39 is 23.5 Å². The zero-order chi connectivity index (χ0) is 29.0. The van der Waals surface area contributed by atoms with E-state index in [2.05, 4.69) is 10.6 Å². The molecule has 0 bridgehead atoms. The van der Waals surface area contributed by atoms with E-state index in [0.29, 0.717) is 62.4 Å². The van der Waals surface area contributed by atoms with E-state index in [-0.39, 0.29) is 30.9 Å². The summed E-state index contributed by atoms with van der Waals surface area (Å²) < 4.78 is 5.80. The molecule has 2 rings (SSSR count). The van der Waals surface area contributed by atoms with Gasteiger partial charge in [0.2, 0.25) is 24.1 Å². The highest BCUT2D eigenvalue weighted by atomic mass is 35.5. The molecule has 1 aromatic rings. The summed E-state index contributed by atoms with van der Waals surface area (Å²) >= 11 is 6.37. The number of unbranched alkanes of at least 4 members (excludes halogenated alkanes) is 2. The Kier molecular flexibility index (Phi) is 13.0. The number of hydrogen-bond donors (Lipinski definition) is 4. The number of hydrogen-bond acceptors (Lipinski definition) is 6. The molecule has 3 atom stereocenters. The number of carbonyl (C=O) groups excluding carboxylic acids is 4. The summed E-state index contributed by atoms with van der Waals surface area (Å²) in [6.07, 6.45) is 4.47. The van der Waals surface area contributed by atoms with Gasteiger partial charge in [-0.2, -0.15) is 0 Å². The number of nitrogens with zero attached hydrogens (tertiary/aromatic N) is 1. The third-order valence-corrected chi connectivity index (χ3v) is 7.12. The molecule has 0 aromatic heterocycles. The lowest BCUT2D eigenvalue weighted by Crippen LogP contribution is -2.54. The number of rotatable bonds is 16. The van der Waals surface area contributed by atoms with Crippen molar-refractivity contribution in [3.05, 3.63) is 28.8 Å². The van der Waals surface area contributed by atoms with Crippen molar-refractivity contribution in [3.8, 4) is 5.75 Å². The normalized spacial score (nSPS) is 16.8. The van der Waals surface area contributed by atoms with E-state index in [4.69, 9.17) is 22.1 Å². The van der Waals surface area contributed by atoms with Crippen LogP contribution < -0.4 is 21.1 Å². The van der Waals surface area contributed by atoms with Crippen LogP contribution in [0.25, 0.3) is 0 Å². The summed E-state index contributed by atoms with van der Waals surface area (Å²) in [5, 5.41) is 15.9. The van der Waals surface area contributed by atoms with Gasteiger partial charge in [0.15, 0.2) is 0 Å². The SMILES string of the molecule is CC(C)(C)[C@H](NC(=O)CCCCCc1cc(OC[C@H](CCC(N)=O)NC=O)ccc1Cl)C(=O)N1CC[C@@H](O)C1. The second kappa shape index (κ2) is 15.7. The highest BCUT2D eigenvalue weighted by Crippen LogP contribution is 2.25. The zero-order valence-corrected chi connectivity index (χ0v) is 24.0. The Morgan fingerprint density at radius 3 is 2.59 bits per heavy atom. The number of benzene rings is 1. The standard InChI is InChI=1S/C28H43ClN4O6/c1-28(2,3)26(27(38)33-14-13-21(35)16-33)32-25(37)8-6-4-5-7-19-15-22(10-11-23(19)29)39-17-20(31-18-34)9-12-24(30)36/h10-11,15,18,20-21,26,35H,4-9,12-14,16-17H2,1-3H3,(H2,30,36)(H,31,34)(H,32,37)/t20-,21+,26+/m0/s1. The number of carbonyl (C=O) groups is 4. The van der Waals surface area contributed by atoms with Crippen LogP contribution in [0, 0.1) is 5.41 Å². The van der Waals surface area contributed by atoms with Crippen LogP contribution in [0.3, 0.4) is 0 Å². The van der Waals surface area contributed by atoms with Crippen LogP contribution >= 0.6 is 11.6 Å². The Morgan fingerprint density at radius 2 is 1.97 bits per heavy atom. The molecule has 1 aliphatic heterocycles. The number of amides is 4. The van der Waals surface area contributed by atoms with Gasteiger partial charge in [-0.25, -0.2) is 0 Å². The maximum Gasteiger partial charge on any atom is 0.245 e. The van der Waals surface area contributed by atoms with Crippen LogP contribution in [0.1, 0.15) is 71.3 Å². The first-order valence-corrected chi connectivity index (χ1v) is 13.9. The van der Waals surface area contributed by atoms with Crippen LogP contribution in [0.5, 0.6) is 5.75 Å². The van der Waals surface area contributed by atoms with Gasteiger partial charge in [0.1, 0.15) is 18.4 Å². The van der Waals surface area contributed by atoms with E-state index in [1.54, 1.807) is 17.0 Å². The number of aryl methyl sites for hydroxylation is 1. The maximum absolute atomic E-state index is 13.0. The number of halogens is 1. The zero-order valence-electron chi connectivity index (χ0n) is 23.2. The number of aliphatic hydroxyl groups is 1. The van der Waals surface area contributed by atoms with Crippen LogP contribution in [0.15, 0.2) is 18.2 Å². The van der Waals surface area contributed by atoms with Crippen LogP contribution in [-0.4, -0.2) is 72.0 Å². The predicted molar refractivity (Wildman–Crippen MR) is 149 cm³/mol. The van der Waals surface area contributed by atoms with Gasteiger partial charge in [-0.1, -0.05) is 38.8 Å². The van der Waals surface area contributed by atoms with Gasteiger partial charge in [0, 0.05) is 31.0 Å². The fraction of sp³-hybridized carbons (Fsp3) is 0.643. The number of ether oxygens (including phenoxy) is 1. The second-order valence-corrected chi connectivity index (χ2v) is 11.6. The summed E-state index contributed by atoms with van der Waals surface area (Å²) in [6.45, 7) is 6.76. The lowest BCUT2D eigenvalue weighted by Gasteiger charge is -2.33. The van der Waals surface area contributed by atoms with Crippen LogP contribution in [0.2, 0.25) is 5.02 Å². The van der Waals surface area contributed by atoms with E-state index in [9.17, 15) is 24.3 Å². The van der Waals surface area contributed by atoms with E-state index in [1.807, 2.05) is 26.8 Å². The number of primary amides is 1. The molecule has 1 fully saturated rings. The molecule has 1 heterocycles. The first kappa shape index (κ1) is 32.4. The third kappa shape index (κ3) is 11.4. The molecule has 0 radical (unpaired) electrons. The Balaban J connectivity index is 1.79. The van der Waals surface area contributed by atoms with E-state index in [0.717, 1.165) is 18.4 Å². The quantitative estimate of drug-likeness (QED) is 0.178. The summed E-state index contributed by atoms with van der Waals surface area (Å²) in [5.41, 5.74) is 5.66. The average molecular weight is 567 g/mol. The number of β-amino-alcohol motifs (C(OH)–C–C–N with tert-alkyl or cyclic N) is 1. The van der Waals surface area contributed by atoms with Crippen LogP contribution in [0.4, 0.5) is 0 Å². The van der Waals surface area contributed by atoms with Crippen molar-refractivity contribution in [2.24, 2.45) is 11.1 Å². The first-order chi connectivity index (χ1) is 18.4. The number of nitrogens with two attached hydrogens (primary N) is 1. The summed E-state index contributed by atoms with van der Waals surface area (Å²) in [4.78, 5) is 49.1. The van der Waals surface area contributed by atoms with Crippen molar-refractivity contribution < 1.29 is 29.0 Å².